The first-order valence-electron chi connectivity index (χ1n) is 8.97. The van der Waals surface area contributed by atoms with Crippen LogP contribution in [0.2, 0.25) is 0 Å². The summed E-state index contributed by atoms with van der Waals surface area (Å²) in [4.78, 5) is 12.8. The molecule has 1 saturated heterocycles. The second kappa shape index (κ2) is 7.28. The number of quaternary nitrogens is 1. The number of hydrogen-bond acceptors (Lipinski definition) is 2. The monoisotopic (exact) mass is 339 g/mol. The molecule has 3 rings (SSSR count). The Morgan fingerprint density at radius 2 is 1.68 bits per heavy atom. The smallest absolute Gasteiger partial charge is 0.279 e. The van der Waals surface area contributed by atoms with Gasteiger partial charge >= 0.3 is 0 Å². The number of carbonyl (C=O) groups is 1. The van der Waals surface area contributed by atoms with Crippen LogP contribution in [-0.2, 0) is 11.3 Å². The highest BCUT2D eigenvalue weighted by Crippen LogP contribution is 2.27. The average molecular weight is 339 g/mol. The predicted molar refractivity (Wildman–Crippen MR) is 100 cm³/mol. The molecule has 4 heteroatoms. The molecule has 0 spiro atoms. The van der Waals surface area contributed by atoms with Crippen LogP contribution in [0.25, 0.3) is 0 Å². The molecule has 0 aliphatic carbocycles. The van der Waals surface area contributed by atoms with Gasteiger partial charge < -0.3 is 14.9 Å². The minimum atomic E-state index is 0.0507. The highest BCUT2D eigenvalue weighted by Gasteiger charge is 2.34. The number of anilines is 1. The van der Waals surface area contributed by atoms with E-state index in [9.17, 15) is 9.90 Å². The summed E-state index contributed by atoms with van der Waals surface area (Å²) >= 11 is 0. The molecule has 2 aromatic carbocycles. The molecule has 1 heterocycles. The molecule has 1 amide bonds. The van der Waals surface area contributed by atoms with Crippen LogP contribution in [0, 0.1) is 13.8 Å². The van der Waals surface area contributed by atoms with Crippen molar-refractivity contribution in [3.8, 4) is 5.75 Å². The Labute approximate surface area is 149 Å². The summed E-state index contributed by atoms with van der Waals surface area (Å²) in [5.41, 5.74) is 3.89. The number of carbonyl (C=O) groups excluding carboxylic acids is 1. The number of phenolic OH excluding ortho intramolecular Hbond substituents is 1. The molecule has 4 nitrogen and oxygen atoms in total. The van der Waals surface area contributed by atoms with Gasteiger partial charge in [-0.1, -0.05) is 30.3 Å². The lowest BCUT2D eigenvalue weighted by Gasteiger charge is -2.33. The molecule has 132 valence electrons. The van der Waals surface area contributed by atoms with E-state index in [0.717, 1.165) is 40.9 Å². The molecule has 0 atom stereocenters. The third-order valence-corrected chi connectivity index (χ3v) is 5.14. The fourth-order valence-electron chi connectivity index (χ4n) is 3.97. The molecule has 1 fully saturated rings. The van der Waals surface area contributed by atoms with Crippen LogP contribution < -0.4 is 5.32 Å². The molecule has 0 radical (unpaired) electrons. The summed E-state index contributed by atoms with van der Waals surface area (Å²) in [5, 5.41) is 12.7. The van der Waals surface area contributed by atoms with E-state index in [4.69, 9.17) is 0 Å². The maximum atomic E-state index is 12.8. The molecular formula is C21H27N2O2+. The van der Waals surface area contributed by atoms with E-state index in [-0.39, 0.29) is 11.7 Å². The van der Waals surface area contributed by atoms with Crippen LogP contribution in [-0.4, -0.2) is 35.1 Å². The number of amides is 1. The summed E-state index contributed by atoms with van der Waals surface area (Å²) in [5.74, 6) is 0.287. The molecule has 25 heavy (non-hydrogen) atoms. The maximum absolute atomic E-state index is 12.8. The lowest BCUT2D eigenvalue weighted by Crippen LogP contribution is -2.49. The minimum absolute atomic E-state index is 0.0507. The second-order valence-electron chi connectivity index (χ2n) is 7.30. The van der Waals surface area contributed by atoms with Gasteiger partial charge in [0.15, 0.2) is 6.54 Å². The van der Waals surface area contributed by atoms with Gasteiger partial charge in [0.25, 0.3) is 5.91 Å². The number of aromatic hydroxyl groups is 1. The zero-order valence-electron chi connectivity index (χ0n) is 15.1. The third-order valence-electron chi connectivity index (χ3n) is 5.14. The van der Waals surface area contributed by atoms with E-state index in [1.807, 2.05) is 19.9 Å². The number of phenols is 1. The summed E-state index contributed by atoms with van der Waals surface area (Å²) in [7, 11) is 0. The van der Waals surface area contributed by atoms with Gasteiger partial charge in [-0.2, -0.15) is 0 Å². The standard InChI is InChI=1S/C21H26N2O2/c1-16-12-19(24)13-17(2)21(16)22-20(25)15-23(10-6-7-11-23)14-18-8-4-3-5-9-18/h3-5,8-9,12-13H,6-7,10-11,14-15H2,1-2H3,(H-,22,24,25)/p+1. The van der Waals surface area contributed by atoms with E-state index in [1.54, 1.807) is 12.1 Å². The van der Waals surface area contributed by atoms with Crippen molar-refractivity contribution < 1.29 is 14.4 Å². The summed E-state index contributed by atoms with van der Waals surface area (Å²) in [6.45, 7) is 7.32. The lowest BCUT2D eigenvalue weighted by atomic mass is 10.1. The van der Waals surface area contributed by atoms with Crippen LogP contribution in [0.3, 0.4) is 0 Å². The first-order chi connectivity index (χ1) is 12.0. The van der Waals surface area contributed by atoms with Crippen molar-refractivity contribution in [2.24, 2.45) is 0 Å². The lowest BCUT2D eigenvalue weighted by molar-refractivity contribution is -0.922. The highest BCUT2D eigenvalue weighted by molar-refractivity contribution is 5.93. The number of nitrogens with one attached hydrogen (secondary N) is 1. The van der Waals surface area contributed by atoms with E-state index < -0.39 is 0 Å². The third kappa shape index (κ3) is 4.20. The van der Waals surface area contributed by atoms with Gasteiger partial charge in [-0.05, 0) is 37.1 Å². The Morgan fingerprint density at radius 3 is 2.28 bits per heavy atom. The normalized spacial score (nSPS) is 15.9. The van der Waals surface area contributed by atoms with Crippen LogP contribution in [0.5, 0.6) is 5.75 Å². The fraction of sp³-hybridized carbons (Fsp3) is 0.381. The van der Waals surface area contributed by atoms with E-state index in [0.29, 0.717) is 6.54 Å². The topological polar surface area (TPSA) is 49.3 Å². The SMILES string of the molecule is Cc1cc(O)cc(C)c1NC(=O)C[N+]1(Cc2ccccc2)CCCC1. The molecule has 1 aliphatic rings. The number of rotatable bonds is 5. The van der Waals surface area contributed by atoms with Crippen molar-refractivity contribution in [1.82, 2.24) is 0 Å². The quantitative estimate of drug-likeness (QED) is 0.644. The molecule has 0 saturated carbocycles. The van der Waals surface area contributed by atoms with E-state index in [2.05, 4.69) is 29.6 Å². The Kier molecular flexibility index (Phi) is 5.09. The molecule has 2 N–H and O–H groups in total. The molecule has 2 aromatic rings. The summed E-state index contributed by atoms with van der Waals surface area (Å²) in [6, 6.07) is 13.8. The first-order valence-corrected chi connectivity index (χ1v) is 8.97. The first kappa shape index (κ1) is 17.5. The van der Waals surface area contributed by atoms with Crippen molar-refractivity contribution in [2.45, 2.75) is 33.2 Å². The Hall–Kier alpha value is -2.33. The Morgan fingerprint density at radius 1 is 1.08 bits per heavy atom. The van der Waals surface area contributed by atoms with E-state index in [1.165, 1.54) is 18.4 Å². The number of nitrogens with zero attached hydrogens (tertiary/aromatic N) is 1. The van der Waals surface area contributed by atoms with Crippen molar-refractivity contribution in [1.29, 1.82) is 0 Å². The predicted octanol–water partition coefficient (Wildman–Crippen LogP) is 3.76. The van der Waals surface area contributed by atoms with Crippen molar-refractivity contribution in [3.05, 3.63) is 59.2 Å². The Bertz CT molecular complexity index is 727. The van der Waals surface area contributed by atoms with Gasteiger partial charge in [-0.3, -0.25) is 4.79 Å². The van der Waals surface area contributed by atoms with Gasteiger partial charge in [-0.15, -0.1) is 0 Å². The van der Waals surface area contributed by atoms with Crippen molar-refractivity contribution in [3.63, 3.8) is 0 Å². The van der Waals surface area contributed by atoms with Crippen LogP contribution in [0.15, 0.2) is 42.5 Å². The highest BCUT2D eigenvalue weighted by atomic mass is 16.3. The minimum Gasteiger partial charge on any atom is -0.508 e. The number of likely N-dealkylation sites (tertiary alicyclic amines) is 1. The fourth-order valence-corrected chi connectivity index (χ4v) is 3.97. The largest absolute Gasteiger partial charge is 0.508 e. The van der Waals surface area contributed by atoms with Crippen LogP contribution in [0.1, 0.15) is 29.5 Å². The zero-order valence-corrected chi connectivity index (χ0v) is 15.1. The second-order valence-corrected chi connectivity index (χ2v) is 7.30. The van der Waals surface area contributed by atoms with Crippen molar-refractivity contribution >= 4 is 11.6 Å². The van der Waals surface area contributed by atoms with Crippen molar-refractivity contribution in [2.75, 3.05) is 25.0 Å². The number of benzene rings is 2. The average Bonchev–Trinajstić information content (AvgIpc) is 2.99. The van der Waals surface area contributed by atoms with Gasteiger partial charge in [0.2, 0.25) is 0 Å². The molecule has 1 aliphatic heterocycles. The molecule has 0 aromatic heterocycles. The summed E-state index contributed by atoms with van der Waals surface area (Å²) in [6.07, 6.45) is 2.36. The van der Waals surface area contributed by atoms with Crippen LogP contribution in [0.4, 0.5) is 5.69 Å². The molecule has 0 bridgehead atoms. The van der Waals surface area contributed by atoms with Gasteiger partial charge in [0, 0.05) is 24.1 Å². The van der Waals surface area contributed by atoms with Gasteiger partial charge in [0.05, 0.1) is 13.1 Å². The maximum Gasteiger partial charge on any atom is 0.279 e. The number of aryl methyl sites for hydroxylation is 2. The van der Waals surface area contributed by atoms with E-state index >= 15 is 0 Å². The molecular weight excluding hydrogens is 312 g/mol. The molecule has 0 unspecified atom stereocenters. The van der Waals surface area contributed by atoms with Gasteiger partial charge in [-0.25, -0.2) is 0 Å². The van der Waals surface area contributed by atoms with Crippen LogP contribution >= 0.6 is 0 Å². The number of hydrogen-bond donors (Lipinski definition) is 2. The van der Waals surface area contributed by atoms with Gasteiger partial charge in [0.1, 0.15) is 12.3 Å². The Balaban J connectivity index is 1.74. The summed E-state index contributed by atoms with van der Waals surface area (Å²) < 4.78 is 0.825. The zero-order chi connectivity index (χ0) is 17.9.